The zero-order valence-electron chi connectivity index (χ0n) is 6.45. The van der Waals surface area contributed by atoms with Gasteiger partial charge in [-0.25, -0.2) is 0 Å². The van der Waals surface area contributed by atoms with Crippen molar-refractivity contribution in [1.82, 2.24) is 0 Å². The molecule has 0 aromatic carbocycles. The summed E-state index contributed by atoms with van der Waals surface area (Å²) in [4.78, 5) is 0. The predicted molar refractivity (Wildman–Crippen MR) is 65.2 cm³/mol. The maximum absolute atomic E-state index is 2.39. The molecule has 0 bridgehead atoms. The predicted octanol–water partition coefficient (Wildman–Crippen LogP) is 1.07. The van der Waals surface area contributed by atoms with Crippen molar-refractivity contribution < 1.29 is 13.3 Å². The van der Waals surface area contributed by atoms with E-state index in [1.165, 1.54) is 38.5 Å². The summed E-state index contributed by atoms with van der Waals surface area (Å²) in [5, 5.41) is 0. The van der Waals surface area contributed by atoms with Gasteiger partial charge in [-0.05, 0) is 0 Å². The van der Waals surface area contributed by atoms with Gasteiger partial charge in [-0.3, -0.25) is 0 Å². The Labute approximate surface area is 113 Å². The van der Waals surface area contributed by atoms with Crippen molar-refractivity contribution in [2.45, 2.75) is 42.5 Å². The van der Waals surface area contributed by atoms with Crippen molar-refractivity contribution in [2.24, 2.45) is 0 Å². The topological polar surface area (TPSA) is 0 Å². The third kappa shape index (κ3) is 10.9. The first-order valence-electron chi connectivity index (χ1n) is 3.89. The average Bonchev–Trinajstić information content (AvgIpc) is 2.18. The van der Waals surface area contributed by atoms with E-state index in [9.17, 15) is 0 Å². The summed E-state index contributed by atoms with van der Waals surface area (Å²) >= 11 is 7.08. The Balaban J connectivity index is 0.000000292. The van der Waals surface area contributed by atoms with E-state index < -0.39 is 0 Å². The van der Waals surface area contributed by atoms with Crippen molar-refractivity contribution in [3.05, 3.63) is 0 Å². The van der Waals surface area contributed by atoms with E-state index in [1.807, 2.05) is 0 Å². The first-order valence-corrected chi connectivity index (χ1v) is 18.1. The molecule has 0 nitrogen and oxygen atoms in total. The molecule has 0 aliphatic heterocycles. The summed E-state index contributed by atoms with van der Waals surface area (Å²) < 4.78 is 1.12. The maximum atomic E-state index is 2.39. The summed E-state index contributed by atoms with van der Waals surface area (Å²) in [6.07, 6.45) is 9.08. The number of hydrogen-bond donors (Lipinski definition) is 0. The molecule has 3 radical (unpaired) electrons. The van der Waals surface area contributed by atoms with E-state index >= 15 is 0 Å². The molecule has 0 saturated heterocycles. The zero-order valence-corrected chi connectivity index (χ0v) is 15.8. The van der Waals surface area contributed by atoms with Crippen LogP contribution in [0.4, 0.5) is 0 Å². The third-order valence-electron chi connectivity index (χ3n) is 1.86. The molecule has 1 aliphatic carbocycles. The molecule has 0 unspecified atom stereocenters. The van der Waals surface area contributed by atoms with Crippen LogP contribution in [0.2, 0.25) is 3.93 Å². The van der Waals surface area contributed by atoms with E-state index in [0.29, 0.717) is 13.3 Å². The molecule has 11 heavy (non-hydrogen) atoms. The van der Waals surface area contributed by atoms with Crippen LogP contribution in [0.25, 0.3) is 0 Å². The average molecular weight is 597 g/mol. The van der Waals surface area contributed by atoms with Gasteiger partial charge < -0.3 is 0 Å². The molecule has 0 N–H and O–H groups in total. The van der Waals surface area contributed by atoms with Gasteiger partial charge in [-0.15, -0.1) is 0 Å². The number of rotatable bonds is 0. The Hall–Kier alpha value is 2.99. The first kappa shape index (κ1) is 14.0. The summed E-state index contributed by atoms with van der Waals surface area (Å²) in [5.74, 6) is 0. The van der Waals surface area contributed by atoms with Gasteiger partial charge in [-0.2, -0.15) is 0 Å². The quantitative estimate of drug-likeness (QED) is 0.223. The van der Waals surface area contributed by atoms with E-state index in [-0.39, 0.29) is 0 Å². The zero-order chi connectivity index (χ0) is 8.53. The van der Waals surface area contributed by atoms with Gasteiger partial charge >= 0.3 is 115 Å². The molecule has 4 heteroatoms. The van der Waals surface area contributed by atoms with Gasteiger partial charge in [0.1, 0.15) is 0 Å². The molecular formula is C7H13I3Sn-. The second kappa shape index (κ2) is 11.1. The van der Waals surface area contributed by atoms with Gasteiger partial charge in [-0.1, -0.05) is 0 Å². The molecular weight excluding hydrogens is 583 g/mol. The molecule has 1 fully saturated rings. The van der Waals surface area contributed by atoms with Crippen molar-refractivity contribution in [3.8, 4) is 0 Å². The van der Waals surface area contributed by atoms with Gasteiger partial charge in [0.15, 0.2) is 0 Å². The monoisotopic (exact) mass is 598 g/mol. The van der Waals surface area contributed by atoms with Gasteiger partial charge in [0.25, 0.3) is 0 Å². The van der Waals surface area contributed by atoms with E-state index in [2.05, 4.69) is 37.2 Å². The van der Waals surface area contributed by atoms with Crippen molar-refractivity contribution in [1.29, 1.82) is 0 Å². The van der Waals surface area contributed by atoms with Crippen molar-refractivity contribution in [2.75, 3.05) is 0 Å². The molecule has 1 aliphatic rings. The second-order valence-corrected chi connectivity index (χ2v) is 21.3. The van der Waals surface area contributed by atoms with Crippen LogP contribution in [0.15, 0.2) is 0 Å². The van der Waals surface area contributed by atoms with Crippen LogP contribution in [0.5, 0.6) is 0 Å². The van der Waals surface area contributed by atoms with Crippen LogP contribution in [-0.4, -0.2) is 22.5 Å². The Morgan fingerprint density at radius 3 is 1.73 bits per heavy atom. The standard InChI is InChI=1S/C7H13.I3.Sn/c1-2-4-6-7-5-3-1;1-3-2;/h1H,2-7H2;;/q;-1;. The Morgan fingerprint density at radius 2 is 1.36 bits per heavy atom. The Kier molecular flexibility index (Phi) is 14.1. The van der Waals surface area contributed by atoms with E-state index in [4.69, 9.17) is 0 Å². The second-order valence-electron chi connectivity index (χ2n) is 2.74. The summed E-state index contributed by atoms with van der Waals surface area (Å²) in [6.45, 7) is 0. The Morgan fingerprint density at radius 1 is 1.00 bits per heavy atom. The molecule has 0 amide bonds. The normalized spacial score (nSPS) is 20.3. The number of halogens is 3. The molecule has 0 atom stereocenters. The van der Waals surface area contributed by atoms with E-state index in [1.54, 1.807) is 22.5 Å². The first-order chi connectivity index (χ1) is 5.31. The minimum absolute atomic E-state index is 0.530. The molecule has 0 heterocycles. The summed E-state index contributed by atoms with van der Waals surface area (Å²) in [7, 11) is 0. The fourth-order valence-corrected chi connectivity index (χ4v) is 2.44. The van der Waals surface area contributed by atoms with Crippen LogP contribution >= 0.6 is 37.2 Å². The van der Waals surface area contributed by atoms with Crippen LogP contribution in [-0.2, 0) is 0 Å². The van der Waals surface area contributed by atoms with E-state index in [0.717, 1.165) is 3.93 Å². The molecule has 67 valence electrons. The Bertz CT molecular complexity index is 72.1. The van der Waals surface area contributed by atoms with Crippen LogP contribution in [0.1, 0.15) is 38.5 Å². The van der Waals surface area contributed by atoms with Crippen LogP contribution in [0.3, 0.4) is 0 Å². The molecule has 0 aromatic heterocycles. The van der Waals surface area contributed by atoms with Gasteiger partial charge in [0.2, 0.25) is 0 Å². The molecule has 1 saturated carbocycles. The fraction of sp³-hybridized carbons (Fsp3) is 1.00. The molecule has 0 aromatic rings. The van der Waals surface area contributed by atoms with Crippen molar-refractivity contribution in [3.63, 3.8) is 0 Å². The van der Waals surface area contributed by atoms with Gasteiger partial charge in [0, 0.05) is 0 Å². The molecule has 1 rings (SSSR count). The number of hydrogen-bond acceptors (Lipinski definition) is 0. The summed E-state index contributed by atoms with van der Waals surface area (Å²) in [6, 6.07) is 0. The minimum atomic E-state index is 0.530. The van der Waals surface area contributed by atoms with Crippen LogP contribution in [0, 0.1) is 0 Å². The molecule has 0 spiro atoms. The fourth-order valence-electron chi connectivity index (χ4n) is 1.28. The van der Waals surface area contributed by atoms with Crippen molar-refractivity contribution >= 4 is 59.8 Å². The summed E-state index contributed by atoms with van der Waals surface area (Å²) in [5.41, 5.74) is 0. The van der Waals surface area contributed by atoms with Gasteiger partial charge in [0.05, 0.1) is 0 Å². The SMILES string of the molecule is I[I-]I.[Sn][CH]1CCCCCC1. The third-order valence-corrected chi connectivity index (χ3v) is 3.50. The van der Waals surface area contributed by atoms with Crippen LogP contribution < -0.4 is 13.3 Å².